The van der Waals surface area contributed by atoms with Gasteiger partial charge in [-0.15, -0.1) is 0 Å². The third-order valence-electron chi connectivity index (χ3n) is 2.91. The standard InChI is InChI=1S/C15H17NO5/c1-18-12-6-11(7-13(19-2)15(12)20-3)21-14-8-16-5-4-10(14)9-17/h4-8,17H,9H2,1-3H3. The molecule has 112 valence electrons. The van der Waals surface area contributed by atoms with Crippen molar-refractivity contribution in [3.8, 4) is 28.7 Å². The van der Waals surface area contributed by atoms with E-state index in [0.717, 1.165) is 0 Å². The molecule has 1 heterocycles. The van der Waals surface area contributed by atoms with Crippen LogP contribution in [0.25, 0.3) is 0 Å². The van der Waals surface area contributed by atoms with Crippen LogP contribution < -0.4 is 18.9 Å². The lowest BCUT2D eigenvalue weighted by molar-refractivity contribution is 0.276. The molecule has 0 bridgehead atoms. The summed E-state index contributed by atoms with van der Waals surface area (Å²) in [5, 5.41) is 9.30. The monoisotopic (exact) mass is 291 g/mol. The third kappa shape index (κ3) is 3.17. The first-order chi connectivity index (χ1) is 10.2. The quantitative estimate of drug-likeness (QED) is 0.881. The maximum Gasteiger partial charge on any atom is 0.203 e. The number of rotatable bonds is 6. The summed E-state index contributed by atoms with van der Waals surface area (Å²) in [7, 11) is 4.60. The van der Waals surface area contributed by atoms with Gasteiger partial charge in [0.25, 0.3) is 0 Å². The molecular weight excluding hydrogens is 274 g/mol. The fourth-order valence-corrected chi connectivity index (χ4v) is 1.87. The predicted octanol–water partition coefficient (Wildman–Crippen LogP) is 2.39. The molecule has 0 radical (unpaired) electrons. The largest absolute Gasteiger partial charge is 0.493 e. The second kappa shape index (κ2) is 6.81. The maximum absolute atomic E-state index is 9.30. The van der Waals surface area contributed by atoms with Gasteiger partial charge in [0, 0.05) is 23.9 Å². The number of nitrogens with zero attached hydrogens (tertiary/aromatic N) is 1. The summed E-state index contributed by atoms with van der Waals surface area (Å²) >= 11 is 0. The van der Waals surface area contributed by atoms with Crippen LogP contribution in [0.1, 0.15) is 5.56 Å². The molecule has 1 aromatic heterocycles. The highest BCUT2D eigenvalue weighted by Crippen LogP contribution is 2.42. The number of hydrogen-bond acceptors (Lipinski definition) is 6. The normalized spacial score (nSPS) is 10.1. The number of aliphatic hydroxyl groups is 1. The molecule has 0 atom stereocenters. The molecule has 21 heavy (non-hydrogen) atoms. The first kappa shape index (κ1) is 14.9. The Morgan fingerprint density at radius 3 is 2.19 bits per heavy atom. The Balaban J connectivity index is 2.40. The summed E-state index contributed by atoms with van der Waals surface area (Å²) in [5.41, 5.74) is 0.638. The zero-order valence-electron chi connectivity index (χ0n) is 12.1. The Labute approximate surface area is 122 Å². The molecule has 0 saturated carbocycles. The molecule has 0 fully saturated rings. The second-order valence-corrected chi connectivity index (χ2v) is 4.10. The number of aliphatic hydroxyl groups excluding tert-OH is 1. The average Bonchev–Trinajstić information content (AvgIpc) is 2.54. The smallest absolute Gasteiger partial charge is 0.203 e. The summed E-state index contributed by atoms with van der Waals surface area (Å²) in [4.78, 5) is 3.99. The van der Waals surface area contributed by atoms with Crippen LogP contribution >= 0.6 is 0 Å². The van der Waals surface area contributed by atoms with Gasteiger partial charge in [0.2, 0.25) is 5.75 Å². The van der Waals surface area contributed by atoms with Crippen LogP contribution in [0, 0.1) is 0 Å². The first-order valence-corrected chi connectivity index (χ1v) is 6.25. The van der Waals surface area contributed by atoms with Gasteiger partial charge in [0.05, 0.1) is 34.1 Å². The van der Waals surface area contributed by atoms with Gasteiger partial charge in [0.15, 0.2) is 17.2 Å². The molecule has 2 rings (SSSR count). The van der Waals surface area contributed by atoms with E-state index in [-0.39, 0.29) is 6.61 Å². The van der Waals surface area contributed by atoms with Crippen LogP contribution in [0.5, 0.6) is 28.7 Å². The van der Waals surface area contributed by atoms with Crippen molar-refractivity contribution >= 4 is 0 Å². The first-order valence-electron chi connectivity index (χ1n) is 6.25. The van der Waals surface area contributed by atoms with Gasteiger partial charge in [-0.05, 0) is 6.07 Å². The fourth-order valence-electron chi connectivity index (χ4n) is 1.87. The Morgan fingerprint density at radius 2 is 1.67 bits per heavy atom. The number of methoxy groups -OCH3 is 3. The highest BCUT2D eigenvalue weighted by atomic mass is 16.5. The fraction of sp³-hybridized carbons (Fsp3) is 0.267. The van der Waals surface area contributed by atoms with E-state index in [9.17, 15) is 5.11 Å². The molecule has 0 aliphatic heterocycles. The molecular formula is C15H17NO5. The van der Waals surface area contributed by atoms with Gasteiger partial charge >= 0.3 is 0 Å². The summed E-state index contributed by atoms with van der Waals surface area (Å²) < 4.78 is 21.5. The van der Waals surface area contributed by atoms with Gasteiger partial charge in [-0.1, -0.05) is 0 Å². The molecule has 0 aliphatic rings. The van der Waals surface area contributed by atoms with Gasteiger partial charge in [-0.3, -0.25) is 4.98 Å². The number of ether oxygens (including phenoxy) is 4. The van der Waals surface area contributed by atoms with Gasteiger partial charge < -0.3 is 24.1 Å². The van der Waals surface area contributed by atoms with E-state index in [0.29, 0.717) is 34.3 Å². The van der Waals surface area contributed by atoms with Crippen molar-refractivity contribution in [2.75, 3.05) is 21.3 Å². The topological polar surface area (TPSA) is 70.0 Å². The van der Waals surface area contributed by atoms with Crippen molar-refractivity contribution in [1.82, 2.24) is 4.98 Å². The minimum Gasteiger partial charge on any atom is -0.493 e. The predicted molar refractivity (Wildman–Crippen MR) is 76.3 cm³/mol. The van der Waals surface area contributed by atoms with E-state index in [1.807, 2.05) is 0 Å². The summed E-state index contributed by atoms with van der Waals surface area (Å²) in [5.74, 6) is 2.42. The molecule has 0 saturated heterocycles. The Morgan fingerprint density at radius 1 is 1.00 bits per heavy atom. The summed E-state index contributed by atoms with van der Waals surface area (Å²) in [6.07, 6.45) is 3.13. The molecule has 0 spiro atoms. The number of aromatic nitrogens is 1. The molecule has 1 aromatic carbocycles. The molecule has 0 unspecified atom stereocenters. The van der Waals surface area contributed by atoms with Crippen LogP contribution in [0.4, 0.5) is 0 Å². The highest BCUT2D eigenvalue weighted by molar-refractivity contribution is 5.56. The van der Waals surface area contributed by atoms with E-state index >= 15 is 0 Å². The molecule has 2 aromatic rings. The average molecular weight is 291 g/mol. The Hall–Kier alpha value is -2.47. The van der Waals surface area contributed by atoms with E-state index in [1.54, 1.807) is 24.4 Å². The van der Waals surface area contributed by atoms with E-state index < -0.39 is 0 Å². The second-order valence-electron chi connectivity index (χ2n) is 4.10. The van der Waals surface area contributed by atoms with Crippen LogP contribution in [0.15, 0.2) is 30.6 Å². The minimum atomic E-state index is -0.137. The Bertz CT molecular complexity index is 590. The minimum absolute atomic E-state index is 0.137. The molecule has 6 heteroatoms. The molecule has 6 nitrogen and oxygen atoms in total. The van der Waals surface area contributed by atoms with Gasteiger partial charge in [-0.2, -0.15) is 0 Å². The molecule has 1 N–H and O–H groups in total. The zero-order chi connectivity index (χ0) is 15.2. The van der Waals surface area contributed by atoms with Crippen molar-refractivity contribution < 1.29 is 24.1 Å². The van der Waals surface area contributed by atoms with E-state index in [2.05, 4.69) is 4.98 Å². The Kier molecular flexibility index (Phi) is 4.84. The summed E-state index contributed by atoms with van der Waals surface area (Å²) in [6.45, 7) is -0.137. The summed E-state index contributed by atoms with van der Waals surface area (Å²) in [6, 6.07) is 5.04. The zero-order valence-corrected chi connectivity index (χ0v) is 12.1. The lowest BCUT2D eigenvalue weighted by atomic mass is 10.2. The maximum atomic E-state index is 9.30. The SMILES string of the molecule is COc1cc(Oc2cnccc2CO)cc(OC)c1OC. The lowest BCUT2D eigenvalue weighted by Gasteiger charge is -2.15. The highest BCUT2D eigenvalue weighted by Gasteiger charge is 2.15. The van der Waals surface area contributed by atoms with Crippen LogP contribution in [0.2, 0.25) is 0 Å². The molecule has 0 amide bonds. The third-order valence-corrected chi connectivity index (χ3v) is 2.91. The van der Waals surface area contributed by atoms with Crippen molar-refractivity contribution in [3.05, 3.63) is 36.2 Å². The van der Waals surface area contributed by atoms with Gasteiger partial charge in [0.1, 0.15) is 5.75 Å². The number of benzene rings is 1. The van der Waals surface area contributed by atoms with Crippen LogP contribution in [-0.4, -0.2) is 31.4 Å². The number of pyridine rings is 1. The van der Waals surface area contributed by atoms with Crippen molar-refractivity contribution in [1.29, 1.82) is 0 Å². The van der Waals surface area contributed by atoms with Gasteiger partial charge in [-0.25, -0.2) is 0 Å². The van der Waals surface area contributed by atoms with E-state index in [1.165, 1.54) is 27.5 Å². The molecule has 0 aliphatic carbocycles. The van der Waals surface area contributed by atoms with Crippen molar-refractivity contribution in [3.63, 3.8) is 0 Å². The van der Waals surface area contributed by atoms with Crippen molar-refractivity contribution in [2.24, 2.45) is 0 Å². The van der Waals surface area contributed by atoms with Crippen LogP contribution in [-0.2, 0) is 6.61 Å². The van der Waals surface area contributed by atoms with E-state index in [4.69, 9.17) is 18.9 Å². The lowest BCUT2D eigenvalue weighted by Crippen LogP contribution is -1.97. The van der Waals surface area contributed by atoms with Crippen LogP contribution in [0.3, 0.4) is 0 Å². The number of hydrogen-bond donors (Lipinski definition) is 1. The van der Waals surface area contributed by atoms with Crippen molar-refractivity contribution in [2.45, 2.75) is 6.61 Å².